The fourth-order valence-corrected chi connectivity index (χ4v) is 8.89. The first-order chi connectivity index (χ1) is 20.6. The molecule has 10 heteroatoms. The number of aromatic hydroxyl groups is 1. The lowest BCUT2D eigenvalue weighted by molar-refractivity contribution is -0.144. The number of phenols is 1. The van der Waals surface area contributed by atoms with E-state index in [9.17, 15) is 33.1 Å². The number of hydrogen-bond donors (Lipinski definition) is 1. The molecule has 2 saturated heterocycles. The van der Waals surface area contributed by atoms with Gasteiger partial charge in [0.15, 0.2) is 11.6 Å². The van der Waals surface area contributed by atoms with Crippen molar-refractivity contribution < 1.29 is 33.1 Å². The highest BCUT2D eigenvalue weighted by Gasteiger charge is 2.68. The molecule has 0 bridgehead atoms. The number of likely N-dealkylation sites (tertiary alicyclic amines) is 1. The molecule has 1 N–H and O–H groups in total. The Morgan fingerprint density at radius 2 is 1.67 bits per heavy atom. The van der Waals surface area contributed by atoms with Gasteiger partial charge in [-0.25, -0.2) is 13.7 Å². The second-order valence-electron chi connectivity index (χ2n) is 12.8. The van der Waals surface area contributed by atoms with Crippen molar-refractivity contribution in [1.29, 1.82) is 0 Å². The molecule has 0 aromatic heterocycles. The number of carbonyl (C=O) groups excluding carboxylic acids is 4. The van der Waals surface area contributed by atoms with E-state index in [1.54, 1.807) is 6.92 Å². The standard InChI is InChI=1S/C33H31ClF2N2O5/c1-33-22(30(41)38(32(33)43)17-10-13-24(35)23(34)14-17)15-21-18(27(33)20-8-5-9-25(36)28(20)39)11-12-19-26(21)31(42)37(29(19)40)16-6-3-2-4-7-16/h5,8-11,13-14,16,19,21-22,26-27,39H,2-4,6-7,12,15H2,1H3. The number of rotatable bonds is 3. The summed E-state index contributed by atoms with van der Waals surface area (Å²) in [4.78, 5) is 58.8. The highest BCUT2D eigenvalue weighted by molar-refractivity contribution is 6.31. The SMILES string of the molecule is CC12C(=O)N(c3ccc(F)c(Cl)c3)C(=O)C1CC1C(=CCC3C(=O)N(C4CCCCC4)C(=O)C31)C2c1cccc(F)c1O. The minimum atomic E-state index is -1.47. The Labute approximate surface area is 252 Å². The van der Waals surface area contributed by atoms with Crippen molar-refractivity contribution in [1.82, 2.24) is 4.90 Å². The van der Waals surface area contributed by atoms with Crippen molar-refractivity contribution in [2.45, 2.75) is 63.8 Å². The van der Waals surface area contributed by atoms with Crippen LogP contribution in [0.15, 0.2) is 48.0 Å². The van der Waals surface area contributed by atoms with Crippen LogP contribution in [-0.4, -0.2) is 39.7 Å². The molecule has 2 aromatic rings. The van der Waals surface area contributed by atoms with Crippen molar-refractivity contribution in [3.63, 3.8) is 0 Å². The maximum absolute atomic E-state index is 14.8. The Kier molecular flexibility index (Phi) is 6.54. The molecular weight excluding hydrogens is 578 g/mol. The van der Waals surface area contributed by atoms with Gasteiger partial charge >= 0.3 is 0 Å². The van der Waals surface area contributed by atoms with E-state index in [1.165, 1.54) is 29.2 Å². The number of anilines is 1. The van der Waals surface area contributed by atoms with Gasteiger partial charge in [-0.2, -0.15) is 0 Å². The first-order valence-electron chi connectivity index (χ1n) is 14.9. The quantitative estimate of drug-likeness (QED) is 0.347. The van der Waals surface area contributed by atoms with Crippen LogP contribution in [0.4, 0.5) is 14.5 Å². The number of imide groups is 2. The van der Waals surface area contributed by atoms with E-state index in [2.05, 4.69) is 0 Å². The molecule has 2 saturated carbocycles. The van der Waals surface area contributed by atoms with E-state index in [1.807, 2.05) is 6.08 Å². The van der Waals surface area contributed by atoms with Crippen LogP contribution in [0.1, 0.15) is 63.4 Å². The number of fused-ring (bicyclic) bond motifs is 4. The average Bonchev–Trinajstić information content (AvgIpc) is 3.36. The predicted molar refractivity (Wildman–Crippen MR) is 153 cm³/mol. The van der Waals surface area contributed by atoms with E-state index < -0.39 is 64.2 Å². The summed E-state index contributed by atoms with van der Waals surface area (Å²) in [6.45, 7) is 1.64. The minimum Gasteiger partial charge on any atom is -0.505 e. The molecule has 5 aliphatic rings. The molecule has 43 heavy (non-hydrogen) atoms. The van der Waals surface area contributed by atoms with Gasteiger partial charge in [0.1, 0.15) is 5.82 Å². The second-order valence-corrected chi connectivity index (χ2v) is 13.2. The number of halogens is 3. The summed E-state index contributed by atoms with van der Waals surface area (Å²) < 4.78 is 28.8. The lowest BCUT2D eigenvalue weighted by Crippen LogP contribution is -2.49. The largest absolute Gasteiger partial charge is 0.505 e. The van der Waals surface area contributed by atoms with Crippen LogP contribution < -0.4 is 4.90 Å². The van der Waals surface area contributed by atoms with E-state index in [0.717, 1.165) is 49.1 Å². The summed E-state index contributed by atoms with van der Waals surface area (Å²) in [7, 11) is 0. The Bertz CT molecular complexity index is 1620. The molecule has 7 nitrogen and oxygen atoms in total. The van der Waals surface area contributed by atoms with Crippen LogP contribution in [0.2, 0.25) is 5.02 Å². The summed E-state index contributed by atoms with van der Waals surface area (Å²) in [5, 5.41) is 10.7. The number of carbonyl (C=O) groups is 4. The van der Waals surface area contributed by atoms with Gasteiger partial charge in [0, 0.05) is 17.5 Å². The fourth-order valence-electron chi connectivity index (χ4n) is 8.72. The van der Waals surface area contributed by atoms with Crippen molar-refractivity contribution in [3.8, 4) is 5.75 Å². The molecule has 2 aromatic carbocycles. The number of phenolic OH excluding ortho intramolecular Hbond substituents is 1. The average molecular weight is 609 g/mol. The molecule has 6 atom stereocenters. The third-order valence-electron chi connectivity index (χ3n) is 10.7. The fraction of sp³-hybridized carbons (Fsp3) is 0.455. The topological polar surface area (TPSA) is 95.0 Å². The molecule has 224 valence electrons. The zero-order valence-corrected chi connectivity index (χ0v) is 24.3. The summed E-state index contributed by atoms with van der Waals surface area (Å²) in [5.41, 5.74) is -0.562. The van der Waals surface area contributed by atoms with E-state index in [-0.39, 0.29) is 47.0 Å². The Balaban J connectivity index is 1.36. The smallest absolute Gasteiger partial charge is 0.241 e. The van der Waals surface area contributed by atoms with Crippen molar-refractivity contribution in [2.24, 2.45) is 29.1 Å². The normalized spacial score (nSPS) is 32.6. The molecule has 3 aliphatic carbocycles. The lowest BCUT2D eigenvalue weighted by atomic mass is 9.51. The van der Waals surface area contributed by atoms with Crippen LogP contribution in [0.3, 0.4) is 0 Å². The summed E-state index contributed by atoms with van der Waals surface area (Å²) in [5.74, 6) is -7.52. The summed E-state index contributed by atoms with van der Waals surface area (Å²) in [6, 6.07) is 7.53. The van der Waals surface area contributed by atoms with Crippen molar-refractivity contribution in [2.75, 3.05) is 4.90 Å². The predicted octanol–water partition coefficient (Wildman–Crippen LogP) is 5.89. The highest BCUT2D eigenvalue weighted by Crippen LogP contribution is 2.64. The van der Waals surface area contributed by atoms with Gasteiger partial charge in [-0.15, -0.1) is 0 Å². The zero-order valence-electron chi connectivity index (χ0n) is 23.6. The van der Waals surface area contributed by atoms with Gasteiger partial charge in [-0.3, -0.25) is 24.1 Å². The molecule has 6 unspecified atom stereocenters. The molecular formula is C33H31ClF2N2O5. The minimum absolute atomic E-state index is 0.102. The third kappa shape index (κ3) is 3.89. The van der Waals surface area contributed by atoms with E-state index in [0.29, 0.717) is 5.57 Å². The lowest BCUT2D eigenvalue weighted by Gasteiger charge is -2.49. The number of amides is 4. The summed E-state index contributed by atoms with van der Waals surface area (Å²) in [6.07, 6.45) is 6.78. The van der Waals surface area contributed by atoms with Crippen LogP contribution in [0.5, 0.6) is 5.75 Å². The van der Waals surface area contributed by atoms with Gasteiger partial charge in [0.2, 0.25) is 23.6 Å². The zero-order chi connectivity index (χ0) is 30.4. The molecule has 0 radical (unpaired) electrons. The Hall–Kier alpha value is -3.59. The van der Waals surface area contributed by atoms with E-state index >= 15 is 0 Å². The monoisotopic (exact) mass is 608 g/mol. The van der Waals surface area contributed by atoms with Crippen LogP contribution in [0, 0.1) is 40.7 Å². The first kappa shape index (κ1) is 28.2. The first-order valence-corrected chi connectivity index (χ1v) is 15.3. The molecule has 4 amide bonds. The molecule has 4 fully saturated rings. The Morgan fingerprint density at radius 1 is 0.930 bits per heavy atom. The molecule has 2 aliphatic heterocycles. The highest BCUT2D eigenvalue weighted by atomic mass is 35.5. The summed E-state index contributed by atoms with van der Waals surface area (Å²) >= 11 is 6.02. The van der Waals surface area contributed by atoms with E-state index in [4.69, 9.17) is 11.6 Å². The van der Waals surface area contributed by atoms with Crippen molar-refractivity contribution >= 4 is 40.9 Å². The number of nitrogens with zero attached hydrogens (tertiary/aromatic N) is 2. The van der Waals surface area contributed by atoms with Gasteiger partial charge in [-0.1, -0.05) is 54.6 Å². The second kappa shape index (κ2) is 9.97. The third-order valence-corrected chi connectivity index (χ3v) is 11.0. The Morgan fingerprint density at radius 3 is 2.40 bits per heavy atom. The number of para-hydroxylation sites is 1. The molecule has 7 rings (SSSR count). The number of hydrogen-bond acceptors (Lipinski definition) is 5. The van der Waals surface area contributed by atoms with Crippen LogP contribution in [-0.2, 0) is 19.2 Å². The maximum atomic E-state index is 14.8. The maximum Gasteiger partial charge on any atom is 0.241 e. The van der Waals surface area contributed by atoms with Crippen molar-refractivity contribution in [3.05, 3.63) is 70.3 Å². The van der Waals surface area contributed by atoms with Crippen LogP contribution in [0.25, 0.3) is 0 Å². The van der Waals surface area contributed by atoms with Crippen LogP contribution >= 0.6 is 11.6 Å². The van der Waals surface area contributed by atoms with Gasteiger partial charge in [-0.05, 0) is 62.8 Å². The molecule has 0 spiro atoms. The van der Waals surface area contributed by atoms with Gasteiger partial charge < -0.3 is 5.11 Å². The number of allylic oxidation sites excluding steroid dienone is 2. The van der Waals surface area contributed by atoms with Gasteiger partial charge in [0.05, 0.1) is 33.9 Å². The van der Waals surface area contributed by atoms with Gasteiger partial charge in [0.25, 0.3) is 0 Å². The molecule has 2 heterocycles. The number of benzene rings is 2.